The van der Waals surface area contributed by atoms with Crippen molar-refractivity contribution in [3.63, 3.8) is 0 Å². The van der Waals surface area contributed by atoms with Crippen molar-refractivity contribution in [1.29, 1.82) is 5.26 Å². The van der Waals surface area contributed by atoms with Gasteiger partial charge in [-0.3, -0.25) is 0 Å². The molecule has 118 valence electrons. The lowest BCUT2D eigenvalue weighted by atomic mass is 10.1. The van der Waals surface area contributed by atoms with Gasteiger partial charge in [0.1, 0.15) is 18.4 Å². The maximum Gasteiger partial charge on any atom is 0.222 e. The summed E-state index contributed by atoms with van der Waals surface area (Å²) < 4.78 is 11.1. The Morgan fingerprint density at radius 3 is 2.82 bits per heavy atom. The van der Waals surface area contributed by atoms with Crippen LogP contribution in [0.2, 0.25) is 0 Å². The number of ether oxygens (including phenoxy) is 2. The molecule has 0 amide bonds. The molecule has 0 radical (unpaired) electrons. The summed E-state index contributed by atoms with van der Waals surface area (Å²) in [6.45, 7) is 4.48. The number of oxime groups is 1. The molecule has 22 heavy (non-hydrogen) atoms. The predicted molar refractivity (Wildman–Crippen MR) is 83.6 cm³/mol. The zero-order valence-corrected chi connectivity index (χ0v) is 13.2. The first-order valence-corrected chi connectivity index (χ1v) is 7.72. The van der Waals surface area contributed by atoms with Gasteiger partial charge < -0.3 is 14.3 Å². The summed E-state index contributed by atoms with van der Waals surface area (Å²) in [6, 6.07) is 7.72. The van der Waals surface area contributed by atoms with Crippen LogP contribution in [0, 0.1) is 11.3 Å². The molecule has 0 aliphatic heterocycles. The fourth-order valence-corrected chi connectivity index (χ4v) is 2.48. The molecule has 1 aliphatic carbocycles. The van der Waals surface area contributed by atoms with Crippen LogP contribution < -0.4 is 4.74 Å². The van der Waals surface area contributed by atoms with E-state index in [9.17, 15) is 5.26 Å². The average Bonchev–Trinajstić information content (AvgIpc) is 3.02. The number of hydrogen-bond acceptors (Lipinski definition) is 5. The van der Waals surface area contributed by atoms with Crippen molar-refractivity contribution >= 4 is 5.90 Å². The van der Waals surface area contributed by atoms with Crippen molar-refractivity contribution in [1.82, 2.24) is 0 Å². The average molecular weight is 302 g/mol. The Morgan fingerprint density at radius 2 is 2.14 bits per heavy atom. The Labute approximate surface area is 131 Å². The van der Waals surface area contributed by atoms with Crippen LogP contribution in [-0.4, -0.2) is 18.6 Å². The van der Waals surface area contributed by atoms with E-state index in [4.69, 9.17) is 14.3 Å². The van der Waals surface area contributed by atoms with Gasteiger partial charge in [0.2, 0.25) is 5.90 Å². The van der Waals surface area contributed by atoms with Crippen LogP contribution in [0.1, 0.15) is 50.7 Å². The zero-order chi connectivity index (χ0) is 15.8. The molecular formula is C17H22N2O3. The van der Waals surface area contributed by atoms with E-state index < -0.39 is 0 Å². The predicted octanol–water partition coefficient (Wildman–Crippen LogP) is 3.77. The van der Waals surface area contributed by atoms with Crippen molar-refractivity contribution < 1.29 is 14.3 Å². The smallest absolute Gasteiger partial charge is 0.222 e. The Kier molecular flexibility index (Phi) is 6.08. The first kappa shape index (κ1) is 16.2. The van der Waals surface area contributed by atoms with Gasteiger partial charge in [0.15, 0.2) is 0 Å². The Balaban J connectivity index is 1.96. The van der Waals surface area contributed by atoms with Crippen molar-refractivity contribution in [3.8, 4) is 11.8 Å². The fraction of sp³-hybridized carbons (Fsp3) is 0.529. The van der Waals surface area contributed by atoms with Crippen LogP contribution >= 0.6 is 0 Å². The lowest BCUT2D eigenvalue weighted by Gasteiger charge is -2.14. The molecule has 0 unspecified atom stereocenters. The summed E-state index contributed by atoms with van der Waals surface area (Å²) >= 11 is 0. The molecule has 5 nitrogen and oxygen atoms in total. The van der Waals surface area contributed by atoms with Gasteiger partial charge in [-0.1, -0.05) is 11.2 Å². The molecule has 5 heteroatoms. The van der Waals surface area contributed by atoms with Gasteiger partial charge in [-0.25, -0.2) is 0 Å². The minimum Gasteiger partial charge on any atom is -0.489 e. The molecule has 1 aromatic carbocycles. The van der Waals surface area contributed by atoms with Gasteiger partial charge in [0.05, 0.1) is 18.3 Å². The zero-order valence-electron chi connectivity index (χ0n) is 13.2. The summed E-state index contributed by atoms with van der Waals surface area (Å²) in [5, 5.41) is 13.1. The Hall–Kier alpha value is -2.22. The number of nitriles is 1. The van der Waals surface area contributed by atoms with E-state index >= 15 is 0 Å². The van der Waals surface area contributed by atoms with E-state index in [0.717, 1.165) is 18.4 Å². The second-order valence-corrected chi connectivity index (χ2v) is 5.28. The monoisotopic (exact) mass is 302 g/mol. The van der Waals surface area contributed by atoms with Crippen LogP contribution in [0.25, 0.3) is 0 Å². The van der Waals surface area contributed by atoms with Crippen molar-refractivity contribution in [3.05, 3.63) is 29.3 Å². The lowest BCUT2D eigenvalue weighted by Crippen LogP contribution is -2.11. The molecule has 0 heterocycles. The molecule has 0 atom stereocenters. The van der Waals surface area contributed by atoms with Crippen LogP contribution in [0.4, 0.5) is 0 Å². The molecule has 0 saturated heterocycles. The molecule has 0 spiro atoms. The lowest BCUT2D eigenvalue weighted by molar-refractivity contribution is 0.119. The molecular weight excluding hydrogens is 280 g/mol. The third-order valence-electron chi connectivity index (χ3n) is 3.54. The molecule has 1 fully saturated rings. The van der Waals surface area contributed by atoms with Gasteiger partial charge in [0, 0.05) is 6.92 Å². The van der Waals surface area contributed by atoms with Crippen LogP contribution in [-0.2, 0) is 16.2 Å². The summed E-state index contributed by atoms with van der Waals surface area (Å²) in [5.74, 6) is 1.15. The van der Waals surface area contributed by atoms with E-state index in [0.29, 0.717) is 30.4 Å². The topological polar surface area (TPSA) is 63.8 Å². The van der Waals surface area contributed by atoms with Gasteiger partial charge in [-0.15, -0.1) is 0 Å². The number of benzene rings is 1. The molecule has 1 saturated carbocycles. The van der Waals surface area contributed by atoms with Crippen molar-refractivity contribution in [2.75, 3.05) is 6.61 Å². The normalized spacial score (nSPS) is 15.4. The van der Waals surface area contributed by atoms with Gasteiger partial charge in [-0.2, -0.15) is 5.26 Å². The van der Waals surface area contributed by atoms with E-state index in [1.165, 1.54) is 12.8 Å². The molecule has 1 aliphatic rings. The second-order valence-electron chi connectivity index (χ2n) is 5.28. The van der Waals surface area contributed by atoms with E-state index in [-0.39, 0.29) is 6.10 Å². The van der Waals surface area contributed by atoms with E-state index in [1.807, 2.05) is 19.1 Å². The minimum atomic E-state index is 0.243. The van der Waals surface area contributed by atoms with Crippen molar-refractivity contribution in [2.45, 2.75) is 52.2 Å². The molecule has 0 bridgehead atoms. The van der Waals surface area contributed by atoms with Crippen LogP contribution in [0.5, 0.6) is 5.75 Å². The third kappa shape index (κ3) is 4.66. The summed E-state index contributed by atoms with van der Waals surface area (Å²) in [6.07, 6.45) is 4.79. The quantitative estimate of drug-likeness (QED) is 0.456. The number of rotatable bonds is 6. The molecule has 0 aromatic heterocycles. The fourth-order valence-electron chi connectivity index (χ4n) is 2.48. The maximum absolute atomic E-state index is 9.28. The highest BCUT2D eigenvalue weighted by molar-refractivity contribution is 5.72. The number of hydrogen-bond donors (Lipinski definition) is 0. The highest BCUT2D eigenvalue weighted by atomic mass is 16.6. The van der Waals surface area contributed by atoms with Gasteiger partial charge in [-0.05, 0) is 50.3 Å². The largest absolute Gasteiger partial charge is 0.489 e. The van der Waals surface area contributed by atoms with Crippen LogP contribution in [0.15, 0.2) is 23.4 Å². The summed E-state index contributed by atoms with van der Waals surface area (Å²) in [7, 11) is 0. The summed E-state index contributed by atoms with van der Waals surface area (Å²) in [5.41, 5.74) is 1.42. The van der Waals surface area contributed by atoms with Crippen molar-refractivity contribution in [2.24, 2.45) is 5.16 Å². The first-order chi connectivity index (χ1) is 10.7. The molecule has 1 aromatic rings. The maximum atomic E-state index is 9.28. The van der Waals surface area contributed by atoms with Crippen LogP contribution in [0.3, 0.4) is 0 Å². The van der Waals surface area contributed by atoms with Gasteiger partial charge in [0.25, 0.3) is 0 Å². The Bertz CT molecular complexity index is 558. The van der Waals surface area contributed by atoms with E-state index in [2.05, 4.69) is 11.2 Å². The highest BCUT2D eigenvalue weighted by Gasteiger charge is 2.18. The SMILES string of the molecule is CCO/C(C)=N/OCc1ccc(OC2CCCC2)c(C#N)c1. The van der Waals surface area contributed by atoms with E-state index in [1.54, 1.807) is 13.0 Å². The standard InChI is InChI=1S/C17H22N2O3/c1-3-20-13(2)19-21-12-14-8-9-17(15(10-14)11-18)22-16-6-4-5-7-16/h8-10,16H,3-7,12H2,1-2H3/b19-13+. The molecule has 0 N–H and O–H groups in total. The minimum absolute atomic E-state index is 0.243. The highest BCUT2D eigenvalue weighted by Crippen LogP contribution is 2.27. The molecule has 2 rings (SSSR count). The Morgan fingerprint density at radius 1 is 1.36 bits per heavy atom. The third-order valence-corrected chi connectivity index (χ3v) is 3.54. The number of nitrogens with zero attached hydrogens (tertiary/aromatic N) is 2. The van der Waals surface area contributed by atoms with Gasteiger partial charge >= 0.3 is 0 Å². The first-order valence-electron chi connectivity index (χ1n) is 7.72. The second kappa shape index (κ2) is 8.28. The summed E-state index contributed by atoms with van der Waals surface area (Å²) in [4.78, 5) is 5.22.